The van der Waals surface area contributed by atoms with Gasteiger partial charge >= 0.3 is 10.1 Å². The van der Waals surface area contributed by atoms with Crippen LogP contribution in [-0.2, 0) is 21.3 Å². The smallest absolute Gasteiger partial charge is 0.339 e. The molecule has 7 nitrogen and oxygen atoms in total. The second kappa shape index (κ2) is 10.1. The van der Waals surface area contributed by atoms with E-state index in [-0.39, 0.29) is 23.0 Å². The van der Waals surface area contributed by atoms with Crippen LogP contribution >= 0.6 is 0 Å². The number of rotatable bonds is 8. The van der Waals surface area contributed by atoms with Gasteiger partial charge in [0, 0.05) is 5.56 Å². The molecule has 0 unspecified atom stereocenters. The Morgan fingerprint density at radius 3 is 2.44 bits per heavy atom. The summed E-state index contributed by atoms with van der Waals surface area (Å²) in [4.78, 5) is 12.3. The maximum atomic E-state index is 12.6. The molecule has 0 heterocycles. The largest absolute Gasteiger partial charge is 0.497 e. The van der Waals surface area contributed by atoms with Crippen LogP contribution in [0.15, 0.2) is 76.7 Å². The highest BCUT2D eigenvalue weighted by atomic mass is 32.2. The third-order valence-electron chi connectivity index (χ3n) is 4.57. The van der Waals surface area contributed by atoms with Gasteiger partial charge in [0.15, 0.2) is 5.75 Å². The number of ether oxygens (including phenoxy) is 1. The van der Waals surface area contributed by atoms with Crippen molar-refractivity contribution in [2.45, 2.75) is 25.2 Å². The van der Waals surface area contributed by atoms with Gasteiger partial charge in [0.05, 0.1) is 19.7 Å². The van der Waals surface area contributed by atoms with E-state index < -0.39 is 10.1 Å². The van der Waals surface area contributed by atoms with Crippen molar-refractivity contribution in [3.63, 3.8) is 0 Å². The highest BCUT2D eigenvalue weighted by Crippen LogP contribution is 2.23. The van der Waals surface area contributed by atoms with Crippen LogP contribution in [0.25, 0.3) is 0 Å². The summed E-state index contributed by atoms with van der Waals surface area (Å²) >= 11 is 0. The van der Waals surface area contributed by atoms with Crippen LogP contribution in [0.2, 0.25) is 0 Å². The van der Waals surface area contributed by atoms with E-state index in [1.165, 1.54) is 18.3 Å². The van der Waals surface area contributed by atoms with E-state index in [1.54, 1.807) is 55.6 Å². The summed E-state index contributed by atoms with van der Waals surface area (Å²) in [5.74, 6) is 0.453. The number of carbonyl (C=O) groups is 1. The normalized spacial score (nSPS) is 11.3. The Morgan fingerprint density at radius 1 is 1.00 bits per heavy atom. The molecule has 0 bridgehead atoms. The van der Waals surface area contributed by atoms with Gasteiger partial charge in [0.1, 0.15) is 10.6 Å². The molecule has 0 aliphatic carbocycles. The molecular formula is C24H24N2O5S. The van der Waals surface area contributed by atoms with E-state index in [9.17, 15) is 13.2 Å². The highest BCUT2D eigenvalue weighted by Gasteiger charge is 2.18. The minimum Gasteiger partial charge on any atom is -0.497 e. The number of methoxy groups -OCH3 is 1. The fourth-order valence-corrected chi connectivity index (χ4v) is 3.85. The third-order valence-corrected chi connectivity index (χ3v) is 5.81. The predicted octanol–water partition coefficient (Wildman–Crippen LogP) is 3.77. The van der Waals surface area contributed by atoms with E-state index in [2.05, 4.69) is 10.5 Å². The first-order chi connectivity index (χ1) is 15.3. The van der Waals surface area contributed by atoms with Gasteiger partial charge in [0.25, 0.3) is 0 Å². The topological polar surface area (TPSA) is 94.1 Å². The second-order valence-electron chi connectivity index (χ2n) is 7.21. The maximum absolute atomic E-state index is 12.6. The summed E-state index contributed by atoms with van der Waals surface area (Å²) in [6.45, 7) is 3.73. The molecule has 0 aliphatic rings. The molecule has 166 valence electrons. The Balaban J connectivity index is 1.72. The van der Waals surface area contributed by atoms with Crippen molar-refractivity contribution in [1.82, 2.24) is 5.43 Å². The zero-order valence-electron chi connectivity index (χ0n) is 18.0. The van der Waals surface area contributed by atoms with Crippen molar-refractivity contribution in [3.8, 4) is 11.5 Å². The van der Waals surface area contributed by atoms with Gasteiger partial charge in [-0.3, -0.25) is 4.79 Å². The standard InChI is InChI=1S/C24H24N2O5S/c1-17-7-10-22(11-8-17)32(28,29)31-23-12-9-18(2)13-20(23)16-25-26-24(27)15-19-5-4-6-21(14-19)30-3/h4-14,16H,15H2,1-3H3,(H,26,27). The first kappa shape index (κ1) is 23.0. The molecule has 0 saturated carbocycles. The highest BCUT2D eigenvalue weighted by molar-refractivity contribution is 7.87. The number of aryl methyl sites for hydroxylation is 2. The number of nitrogens with one attached hydrogen (secondary N) is 1. The first-order valence-corrected chi connectivity index (χ1v) is 11.2. The zero-order chi connectivity index (χ0) is 23.1. The third kappa shape index (κ3) is 6.18. The van der Waals surface area contributed by atoms with Crippen LogP contribution in [0.4, 0.5) is 0 Å². The van der Waals surface area contributed by atoms with Crippen LogP contribution in [0, 0.1) is 13.8 Å². The average Bonchev–Trinajstić information content (AvgIpc) is 2.76. The van der Waals surface area contributed by atoms with Crippen molar-refractivity contribution in [1.29, 1.82) is 0 Å². The average molecular weight is 453 g/mol. The molecule has 8 heteroatoms. The summed E-state index contributed by atoms with van der Waals surface area (Å²) in [6.07, 6.45) is 1.48. The number of amides is 1. The van der Waals surface area contributed by atoms with Gasteiger partial charge in [-0.1, -0.05) is 41.5 Å². The van der Waals surface area contributed by atoms with E-state index in [0.717, 1.165) is 16.7 Å². The summed E-state index contributed by atoms with van der Waals surface area (Å²) in [5.41, 5.74) is 5.47. The number of benzene rings is 3. The minimum atomic E-state index is -4.02. The van der Waals surface area contributed by atoms with Crippen LogP contribution in [0.5, 0.6) is 11.5 Å². The summed E-state index contributed by atoms with van der Waals surface area (Å²) in [7, 11) is -2.46. The van der Waals surface area contributed by atoms with Gasteiger partial charge in [-0.05, 0) is 55.8 Å². The molecule has 0 radical (unpaired) electrons. The van der Waals surface area contributed by atoms with E-state index in [1.807, 2.05) is 19.9 Å². The fourth-order valence-electron chi connectivity index (χ4n) is 2.90. The molecule has 3 aromatic rings. The molecule has 0 saturated heterocycles. The van der Waals surface area contributed by atoms with Crippen molar-refractivity contribution < 1.29 is 22.1 Å². The Labute approximate surface area is 187 Å². The van der Waals surface area contributed by atoms with Gasteiger partial charge < -0.3 is 8.92 Å². The molecule has 3 aromatic carbocycles. The summed E-state index contributed by atoms with van der Waals surface area (Å²) in [5, 5.41) is 3.97. The number of hydrogen-bond donors (Lipinski definition) is 1. The zero-order valence-corrected chi connectivity index (χ0v) is 18.8. The quantitative estimate of drug-likeness (QED) is 0.319. The molecule has 0 aliphatic heterocycles. The Kier molecular flexibility index (Phi) is 7.27. The molecule has 0 fully saturated rings. The SMILES string of the molecule is COc1cccc(CC(=O)NN=Cc2cc(C)ccc2OS(=O)(=O)c2ccc(C)cc2)c1. The van der Waals surface area contributed by atoms with Crippen LogP contribution in [0.1, 0.15) is 22.3 Å². The second-order valence-corrected chi connectivity index (χ2v) is 8.76. The Morgan fingerprint density at radius 2 is 1.72 bits per heavy atom. The lowest BCUT2D eigenvalue weighted by Crippen LogP contribution is -2.20. The van der Waals surface area contributed by atoms with Crippen LogP contribution in [-0.4, -0.2) is 27.6 Å². The molecule has 3 rings (SSSR count). The van der Waals surface area contributed by atoms with Gasteiger partial charge in [-0.25, -0.2) is 5.43 Å². The van der Waals surface area contributed by atoms with E-state index in [4.69, 9.17) is 8.92 Å². The van der Waals surface area contributed by atoms with Gasteiger partial charge in [-0.15, -0.1) is 0 Å². The predicted molar refractivity (Wildman–Crippen MR) is 123 cm³/mol. The van der Waals surface area contributed by atoms with Crippen LogP contribution < -0.4 is 14.3 Å². The Hall–Kier alpha value is -3.65. The number of nitrogens with zero attached hydrogens (tertiary/aromatic N) is 1. The van der Waals surface area contributed by atoms with E-state index >= 15 is 0 Å². The van der Waals surface area contributed by atoms with Crippen LogP contribution in [0.3, 0.4) is 0 Å². The lowest BCUT2D eigenvalue weighted by Gasteiger charge is -2.10. The lowest BCUT2D eigenvalue weighted by molar-refractivity contribution is -0.120. The number of hydrazone groups is 1. The lowest BCUT2D eigenvalue weighted by atomic mass is 10.1. The number of carbonyl (C=O) groups excluding carboxylic acids is 1. The molecule has 0 spiro atoms. The molecule has 1 amide bonds. The first-order valence-electron chi connectivity index (χ1n) is 9.83. The molecular weight excluding hydrogens is 428 g/mol. The Bertz CT molecular complexity index is 1240. The van der Waals surface area contributed by atoms with Gasteiger partial charge in [-0.2, -0.15) is 13.5 Å². The molecule has 1 N–H and O–H groups in total. The monoisotopic (exact) mass is 452 g/mol. The maximum Gasteiger partial charge on any atom is 0.339 e. The molecule has 0 aromatic heterocycles. The molecule has 32 heavy (non-hydrogen) atoms. The van der Waals surface area contributed by atoms with Crippen molar-refractivity contribution in [2.75, 3.05) is 7.11 Å². The summed E-state index contributed by atoms with van der Waals surface area (Å²) in [6, 6.07) is 18.6. The minimum absolute atomic E-state index is 0.0538. The summed E-state index contributed by atoms with van der Waals surface area (Å²) < 4.78 is 35.8. The van der Waals surface area contributed by atoms with Crippen molar-refractivity contribution in [3.05, 3.63) is 89.0 Å². The van der Waals surface area contributed by atoms with Gasteiger partial charge in [0.2, 0.25) is 5.91 Å². The number of hydrogen-bond acceptors (Lipinski definition) is 6. The fraction of sp³-hybridized carbons (Fsp3) is 0.167. The van der Waals surface area contributed by atoms with Crippen molar-refractivity contribution in [2.24, 2.45) is 5.10 Å². The van der Waals surface area contributed by atoms with E-state index in [0.29, 0.717) is 11.3 Å². The molecule has 0 atom stereocenters. The van der Waals surface area contributed by atoms with Crippen molar-refractivity contribution >= 4 is 22.2 Å².